The number of carbonyl (C=O) groups is 1. The van der Waals surface area contributed by atoms with E-state index in [9.17, 15) is 4.79 Å². The number of aryl methyl sites for hydroxylation is 1. The van der Waals surface area contributed by atoms with E-state index in [-0.39, 0.29) is 11.8 Å². The first-order valence-electron chi connectivity index (χ1n) is 9.68. The number of anilines is 1. The SMILES string of the molecule is COc1ccc2c(c1)CCCN2CC(=O)NCC(C)c1nc2ccccc2s1. The highest BCUT2D eigenvalue weighted by atomic mass is 32.1. The molecule has 1 N–H and O–H groups in total. The van der Waals surface area contributed by atoms with Crippen LogP contribution in [0.25, 0.3) is 10.2 Å². The van der Waals surface area contributed by atoms with Crippen molar-refractivity contribution in [3.8, 4) is 5.75 Å². The Hall–Kier alpha value is -2.60. The first-order valence-corrected chi connectivity index (χ1v) is 10.5. The first kappa shape index (κ1) is 18.7. The zero-order valence-electron chi connectivity index (χ0n) is 16.3. The molecule has 0 saturated carbocycles. The van der Waals surface area contributed by atoms with Gasteiger partial charge in [-0.05, 0) is 48.7 Å². The van der Waals surface area contributed by atoms with Gasteiger partial charge in [0, 0.05) is 24.7 Å². The number of methoxy groups -OCH3 is 1. The number of thiazole rings is 1. The molecule has 0 saturated heterocycles. The zero-order chi connectivity index (χ0) is 19.5. The summed E-state index contributed by atoms with van der Waals surface area (Å²) in [6.45, 7) is 3.99. The van der Waals surface area contributed by atoms with Crippen LogP contribution in [-0.4, -0.2) is 37.6 Å². The molecule has 146 valence electrons. The lowest BCUT2D eigenvalue weighted by Crippen LogP contribution is -2.40. The van der Waals surface area contributed by atoms with E-state index >= 15 is 0 Å². The number of fused-ring (bicyclic) bond motifs is 2. The number of para-hydroxylation sites is 1. The van der Waals surface area contributed by atoms with Crippen LogP contribution in [0.3, 0.4) is 0 Å². The lowest BCUT2D eigenvalue weighted by Gasteiger charge is -2.31. The van der Waals surface area contributed by atoms with Crippen molar-refractivity contribution in [1.82, 2.24) is 10.3 Å². The van der Waals surface area contributed by atoms with Gasteiger partial charge in [-0.25, -0.2) is 4.98 Å². The van der Waals surface area contributed by atoms with E-state index in [1.54, 1.807) is 18.4 Å². The quantitative estimate of drug-likeness (QED) is 0.686. The molecule has 3 aromatic rings. The number of hydrogen-bond acceptors (Lipinski definition) is 5. The Bertz CT molecular complexity index is 952. The third-order valence-electron chi connectivity index (χ3n) is 5.17. The molecule has 5 nitrogen and oxygen atoms in total. The van der Waals surface area contributed by atoms with Crippen molar-refractivity contribution in [1.29, 1.82) is 0 Å². The lowest BCUT2D eigenvalue weighted by atomic mass is 10.0. The molecule has 1 aromatic heterocycles. The van der Waals surface area contributed by atoms with Crippen LogP contribution in [0, 0.1) is 0 Å². The standard InChI is InChI=1S/C22H25N3O2S/c1-15(22-24-18-7-3-4-8-20(18)28-22)13-23-21(26)14-25-11-5-6-16-12-17(27-2)9-10-19(16)25/h3-4,7-10,12,15H,5-6,11,13-14H2,1-2H3,(H,23,26). The first-order chi connectivity index (χ1) is 13.6. The van der Waals surface area contributed by atoms with E-state index in [1.165, 1.54) is 10.3 Å². The van der Waals surface area contributed by atoms with Crippen LogP contribution in [0.5, 0.6) is 5.75 Å². The van der Waals surface area contributed by atoms with E-state index < -0.39 is 0 Å². The topological polar surface area (TPSA) is 54.5 Å². The number of carbonyl (C=O) groups excluding carboxylic acids is 1. The summed E-state index contributed by atoms with van der Waals surface area (Å²) < 4.78 is 6.51. The fourth-order valence-corrected chi connectivity index (χ4v) is 4.65. The Kier molecular flexibility index (Phi) is 5.48. The normalized spacial score (nSPS) is 14.6. The van der Waals surface area contributed by atoms with E-state index in [2.05, 4.69) is 35.3 Å². The predicted molar refractivity (Wildman–Crippen MR) is 115 cm³/mol. The third-order valence-corrected chi connectivity index (χ3v) is 6.44. The van der Waals surface area contributed by atoms with Crippen LogP contribution in [0.1, 0.15) is 29.8 Å². The minimum absolute atomic E-state index is 0.0524. The summed E-state index contributed by atoms with van der Waals surface area (Å²) >= 11 is 1.70. The van der Waals surface area contributed by atoms with Crippen molar-refractivity contribution < 1.29 is 9.53 Å². The average molecular weight is 396 g/mol. The van der Waals surface area contributed by atoms with Crippen LogP contribution in [0.2, 0.25) is 0 Å². The molecule has 1 aliphatic heterocycles. The van der Waals surface area contributed by atoms with Gasteiger partial charge in [0.15, 0.2) is 0 Å². The maximum Gasteiger partial charge on any atom is 0.239 e. The van der Waals surface area contributed by atoms with Gasteiger partial charge in [-0.2, -0.15) is 0 Å². The van der Waals surface area contributed by atoms with Gasteiger partial charge in [0.1, 0.15) is 5.75 Å². The molecule has 0 radical (unpaired) electrons. The molecule has 1 aliphatic rings. The summed E-state index contributed by atoms with van der Waals surface area (Å²) in [4.78, 5) is 19.4. The Morgan fingerprint density at radius 1 is 1.32 bits per heavy atom. The predicted octanol–water partition coefficient (Wildman–Crippen LogP) is 3.98. The molecule has 0 bridgehead atoms. The fourth-order valence-electron chi connectivity index (χ4n) is 3.63. The number of amides is 1. The second-order valence-corrected chi connectivity index (χ2v) is 8.31. The van der Waals surface area contributed by atoms with Crippen molar-refractivity contribution in [2.75, 3.05) is 31.6 Å². The Balaban J connectivity index is 1.36. The molecule has 1 unspecified atom stereocenters. The molecule has 28 heavy (non-hydrogen) atoms. The van der Waals surface area contributed by atoms with Crippen molar-refractivity contribution in [3.05, 3.63) is 53.0 Å². The molecule has 0 spiro atoms. The number of nitrogens with one attached hydrogen (secondary N) is 1. The molecule has 1 amide bonds. The van der Waals surface area contributed by atoms with Gasteiger partial charge in [0.2, 0.25) is 5.91 Å². The average Bonchev–Trinajstić information content (AvgIpc) is 3.16. The van der Waals surface area contributed by atoms with Crippen LogP contribution < -0.4 is 15.0 Å². The molecule has 6 heteroatoms. The summed E-state index contributed by atoms with van der Waals surface area (Å²) in [7, 11) is 1.68. The maximum absolute atomic E-state index is 12.6. The summed E-state index contributed by atoms with van der Waals surface area (Å²) in [6.07, 6.45) is 2.08. The zero-order valence-corrected chi connectivity index (χ0v) is 17.1. The largest absolute Gasteiger partial charge is 0.497 e. The Labute approximate surface area is 169 Å². The third kappa shape index (κ3) is 3.97. The number of hydrogen-bond donors (Lipinski definition) is 1. The van der Waals surface area contributed by atoms with Gasteiger partial charge in [-0.1, -0.05) is 19.1 Å². The van der Waals surface area contributed by atoms with Gasteiger partial charge in [0.25, 0.3) is 0 Å². The van der Waals surface area contributed by atoms with Crippen LogP contribution in [0.15, 0.2) is 42.5 Å². The number of nitrogens with zero attached hydrogens (tertiary/aromatic N) is 2. The second-order valence-electron chi connectivity index (χ2n) is 7.24. The van der Waals surface area contributed by atoms with E-state index in [1.807, 2.05) is 24.3 Å². The van der Waals surface area contributed by atoms with Crippen molar-refractivity contribution in [2.45, 2.75) is 25.7 Å². The number of rotatable bonds is 6. The van der Waals surface area contributed by atoms with Gasteiger partial charge in [0.05, 0.1) is 28.9 Å². The second kappa shape index (κ2) is 8.19. The number of aromatic nitrogens is 1. The smallest absolute Gasteiger partial charge is 0.239 e. The van der Waals surface area contributed by atoms with Crippen molar-refractivity contribution in [3.63, 3.8) is 0 Å². The van der Waals surface area contributed by atoms with Gasteiger partial charge in [-0.15, -0.1) is 11.3 Å². The van der Waals surface area contributed by atoms with Crippen molar-refractivity contribution >= 4 is 33.1 Å². The van der Waals surface area contributed by atoms with E-state index in [4.69, 9.17) is 9.72 Å². The van der Waals surface area contributed by atoms with E-state index in [0.717, 1.165) is 41.3 Å². The molecular formula is C22H25N3O2S. The van der Waals surface area contributed by atoms with Crippen LogP contribution in [0.4, 0.5) is 5.69 Å². The van der Waals surface area contributed by atoms with Gasteiger partial charge < -0.3 is 15.0 Å². The summed E-state index contributed by atoms with van der Waals surface area (Å²) in [5, 5.41) is 4.15. The van der Waals surface area contributed by atoms with Gasteiger partial charge in [-0.3, -0.25) is 4.79 Å². The fraction of sp³-hybridized carbons (Fsp3) is 0.364. The minimum Gasteiger partial charge on any atom is -0.497 e. The molecular weight excluding hydrogens is 370 g/mol. The molecule has 2 heterocycles. The lowest BCUT2D eigenvalue weighted by molar-refractivity contribution is -0.119. The molecule has 4 rings (SSSR count). The maximum atomic E-state index is 12.6. The van der Waals surface area contributed by atoms with Crippen LogP contribution >= 0.6 is 11.3 Å². The van der Waals surface area contributed by atoms with Gasteiger partial charge >= 0.3 is 0 Å². The van der Waals surface area contributed by atoms with Crippen molar-refractivity contribution in [2.24, 2.45) is 0 Å². The highest BCUT2D eigenvalue weighted by Crippen LogP contribution is 2.30. The molecule has 2 aromatic carbocycles. The summed E-state index contributed by atoms with van der Waals surface area (Å²) in [5.41, 5.74) is 3.42. The molecule has 0 aliphatic carbocycles. The molecule has 0 fully saturated rings. The number of ether oxygens (including phenoxy) is 1. The highest BCUT2D eigenvalue weighted by Gasteiger charge is 2.20. The van der Waals surface area contributed by atoms with E-state index in [0.29, 0.717) is 13.1 Å². The highest BCUT2D eigenvalue weighted by molar-refractivity contribution is 7.18. The summed E-state index contributed by atoms with van der Waals surface area (Å²) in [5.74, 6) is 1.12. The Morgan fingerprint density at radius 3 is 3.00 bits per heavy atom. The van der Waals surface area contributed by atoms with Crippen LogP contribution in [-0.2, 0) is 11.2 Å². The molecule has 1 atom stereocenters. The number of benzene rings is 2. The monoisotopic (exact) mass is 395 g/mol. The summed E-state index contributed by atoms with van der Waals surface area (Å²) in [6, 6.07) is 14.3. The minimum atomic E-state index is 0.0524. The Morgan fingerprint density at radius 2 is 2.18 bits per heavy atom.